The van der Waals surface area contributed by atoms with E-state index in [1.807, 2.05) is 6.92 Å². The third kappa shape index (κ3) is 4.61. The average molecular weight is 466 g/mol. The molecule has 33 heavy (non-hydrogen) atoms. The molecule has 0 aliphatic heterocycles. The molecule has 4 aromatic rings. The second-order valence-electron chi connectivity index (χ2n) is 7.76. The van der Waals surface area contributed by atoms with Crippen LogP contribution in [-0.2, 0) is 4.79 Å². The van der Waals surface area contributed by atoms with Gasteiger partial charge in [0.05, 0.1) is 5.69 Å². The molecule has 168 valence electrons. The second-order valence-corrected chi connectivity index (χ2v) is 8.16. The van der Waals surface area contributed by atoms with Gasteiger partial charge < -0.3 is 14.5 Å². The first-order chi connectivity index (χ1) is 15.7. The smallest absolute Gasteiger partial charge is 0.265 e. The zero-order valence-corrected chi connectivity index (χ0v) is 19.0. The fraction of sp³-hybridized carbons (Fsp3) is 0.154. The lowest BCUT2D eigenvalue weighted by Gasteiger charge is -2.15. The summed E-state index contributed by atoms with van der Waals surface area (Å²) in [6, 6.07) is 16.2. The highest BCUT2D eigenvalue weighted by atomic mass is 35.5. The van der Waals surface area contributed by atoms with Crippen molar-refractivity contribution < 1.29 is 23.1 Å². The molecule has 1 heterocycles. The van der Waals surface area contributed by atoms with Crippen LogP contribution in [0, 0.1) is 19.7 Å². The molecule has 1 N–H and O–H groups in total. The number of ether oxygens (including phenoxy) is 1. The van der Waals surface area contributed by atoms with Crippen LogP contribution in [0.1, 0.15) is 34.2 Å². The van der Waals surface area contributed by atoms with Crippen LogP contribution in [0.2, 0.25) is 5.02 Å². The van der Waals surface area contributed by atoms with Gasteiger partial charge in [0.1, 0.15) is 17.1 Å². The number of ketones is 1. The lowest BCUT2D eigenvalue weighted by atomic mass is 10.0. The molecule has 1 atom stereocenters. The summed E-state index contributed by atoms with van der Waals surface area (Å²) in [5, 5.41) is 3.91. The van der Waals surface area contributed by atoms with Crippen LogP contribution in [0.25, 0.3) is 11.0 Å². The van der Waals surface area contributed by atoms with Gasteiger partial charge in [0.15, 0.2) is 11.9 Å². The first kappa shape index (κ1) is 22.6. The van der Waals surface area contributed by atoms with Gasteiger partial charge >= 0.3 is 0 Å². The van der Waals surface area contributed by atoms with Crippen molar-refractivity contribution in [2.75, 3.05) is 5.32 Å². The molecule has 0 fully saturated rings. The summed E-state index contributed by atoms with van der Waals surface area (Å²) in [4.78, 5) is 26.1. The highest BCUT2D eigenvalue weighted by Crippen LogP contribution is 2.33. The fourth-order valence-corrected chi connectivity index (χ4v) is 3.49. The number of nitrogens with one attached hydrogen (secondary N) is 1. The summed E-state index contributed by atoms with van der Waals surface area (Å²) in [5.74, 6) is -1.10. The number of rotatable bonds is 6. The van der Waals surface area contributed by atoms with E-state index in [2.05, 4.69) is 5.32 Å². The number of amides is 1. The van der Waals surface area contributed by atoms with E-state index in [1.165, 1.54) is 12.1 Å². The molecule has 5 nitrogen and oxygen atoms in total. The molecule has 4 rings (SSSR count). The van der Waals surface area contributed by atoms with E-state index in [1.54, 1.807) is 56.3 Å². The number of aryl methyl sites for hydroxylation is 2. The Balaban J connectivity index is 1.65. The van der Waals surface area contributed by atoms with E-state index < -0.39 is 23.6 Å². The Bertz CT molecular complexity index is 1380. The van der Waals surface area contributed by atoms with E-state index in [0.717, 1.165) is 11.6 Å². The monoisotopic (exact) mass is 465 g/mol. The molecule has 0 radical (unpaired) electrons. The minimum atomic E-state index is -0.876. The van der Waals surface area contributed by atoms with Gasteiger partial charge in [0.2, 0.25) is 5.78 Å². The molecule has 1 unspecified atom stereocenters. The Kier molecular flexibility index (Phi) is 6.20. The van der Waals surface area contributed by atoms with Crippen LogP contribution < -0.4 is 10.1 Å². The van der Waals surface area contributed by atoms with Crippen LogP contribution in [0.5, 0.6) is 5.75 Å². The van der Waals surface area contributed by atoms with Crippen molar-refractivity contribution in [3.63, 3.8) is 0 Å². The van der Waals surface area contributed by atoms with Crippen molar-refractivity contribution in [1.82, 2.24) is 0 Å². The van der Waals surface area contributed by atoms with E-state index in [4.69, 9.17) is 20.8 Å². The largest absolute Gasteiger partial charge is 0.481 e. The van der Waals surface area contributed by atoms with Gasteiger partial charge in [-0.15, -0.1) is 0 Å². The van der Waals surface area contributed by atoms with Gasteiger partial charge in [-0.1, -0.05) is 35.9 Å². The maximum atomic E-state index is 14.1. The predicted molar refractivity (Wildman–Crippen MR) is 126 cm³/mol. The number of fused-ring (bicyclic) bond motifs is 1. The van der Waals surface area contributed by atoms with Gasteiger partial charge in [0.25, 0.3) is 5.91 Å². The minimum Gasteiger partial charge on any atom is -0.481 e. The van der Waals surface area contributed by atoms with Crippen molar-refractivity contribution in [2.24, 2.45) is 0 Å². The highest BCUT2D eigenvalue weighted by molar-refractivity contribution is 6.31. The molecule has 1 aromatic heterocycles. The van der Waals surface area contributed by atoms with E-state index in [9.17, 15) is 14.0 Å². The molecule has 0 aliphatic carbocycles. The number of anilines is 1. The number of hydrogen-bond acceptors (Lipinski definition) is 4. The third-order valence-electron chi connectivity index (χ3n) is 5.30. The summed E-state index contributed by atoms with van der Waals surface area (Å²) >= 11 is 6.05. The minimum absolute atomic E-state index is 0.0812. The molecule has 0 spiro atoms. The molecular weight excluding hydrogens is 445 g/mol. The molecule has 0 saturated carbocycles. The van der Waals surface area contributed by atoms with Gasteiger partial charge in [-0.2, -0.15) is 0 Å². The molecular formula is C26H21ClFNO4. The number of halogens is 2. The molecule has 0 saturated heterocycles. The molecule has 3 aromatic carbocycles. The zero-order valence-electron chi connectivity index (χ0n) is 18.2. The second kappa shape index (κ2) is 9.08. The number of benzene rings is 3. The Hall–Kier alpha value is -3.64. The first-order valence-corrected chi connectivity index (χ1v) is 10.7. The number of carbonyl (C=O) groups excluding carboxylic acids is 2. The normalized spacial score (nSPS) is 11.9. The van der Waals surface area contributed by atoms with Crippen molar-refractivity contribution >= 4 is 39.9 Å². The van der Waals surface area contributed by atoms with Crippen LogP contribution in [-0.4, -0.2) is 17.8 Å². The van der Waals surface area contributed by atoms with E-state index in [0.29, 0.717) is 27.3 Å². The number of hydrogen-bond donors (Lipinski definition) is 1. The maximum Gasteiger partial charge on any atom is 0.265 e. The van der Waals surface area contributed by atoms with Gasteiger partial charge in [-0.3, -0.25) is 9.59 Å². The van der Waals surface area contributed by atoms with Crippen LogP contribution in [0.15, 0.2) is 65.1 Å². The molecule has 0 bridgehead atoms. The summed E-state index contributed by atoms with van der Waals surface area (Å²) < 4.78 is 25.6. The van der Waals surface area contributed by atoms with Gasteiger partial charge in [0, 0.05) is 16.0 Å². The standard InChI is InChI=1S/C26H21ClFNO4/c1-14-8-9-17(13-21(14)28)24(30)25-23(19-6-4-5-7-22(19)33-25)29-26(31)16(3)32-18-10-11-20(27)15(2)12-18/h4-13,16H,1-3H3,(H,29,31). The van der Waals surface area contributed by atoms with E-state index in [-0.39, 0.29) is 17.0 Å². The summed E-state index contributed by atoms with van der Waals surface area (Å²) in [5.41, 5.74) is 2.00. The Morgan fingerprint density at radius 3 is 2.52 bits per heavy atom. The van der Waals surface area contributed by atoms with Crippen molar-refractivity contribution in [2.45, 2.75) is 26.9 Å². The van der Waals surface area contributed by atoms with Crippen LogP contribution in [0.3, 0.4) is 0 Å². The predicted octanol–water partition coefficient (Wildman–Crippen LogP) is 6.48. The zero-order chi connectivity index (χ0) is 23.7. The number of furan rings is 1. The average Bonchev–Trinajstić information content (AvgIpc) is 3.16. The molecule has 1 amide bonds. The van der Waals surface area contributed by atoms with Gasteiger partial charge in [-0.25, -0.2) is 4.39 Å². The summed E-state index contributed by atoms with van der Waals surface area (Å²) in [6.45, 7) is 5.04. The lowest BCUT2D eigenvalue weighted by Crippen LogP contribution is -2.30. The SMILES string of the molecule is Cc1ccc(C(=O)c2oc3ccccc3c2NC(=O)C(C)Oc2ccc(Cl)c(C)c2)cc1F. The maximum absolute atomic E-state index is 14.1. The molecule has 7 heteroatoms. The van der Waals surface area contributed by atoms with Crippen molar-refractivity contribution in [1.29, 1.82) is 0 Å². The van der Waals surface area contributed by atoms with Crippen LogP contribution >= 0.6 is 11.6 Å². The van der Waals surface area contributed by atoms with Crippen molar-refractivity contribution in [3.8, 4) is 5.75 Å². The quantitative estimate of drug-likeness (QED) is 0.331. The Morgan fingerprint density at radius 2 is 1.79 bits per heavy atom. The third-order valence-corrected chi connectivity index (χ3v) is 5.72. The topological polar surface area (TPSA) is 68.5 Å². The van der Waals surface area contributed by atoms with Crippen LogP contribution in [0.4, 0.5) is 10.1 Å². The lowest BCUT2D eigenvalue weighted by molar-refractivity contribution is -0.122. The van der Waals surface area contributed by atoms with Crippen molar-refractivity contribution in [3.05, 3.63) is 94.0 Å². The highest BCUT2D eigenvalue weighted by Gasteiger charge is 2.26. The Morgan fingerprint density at radius 1 is 1.03 bits per heavy atom. The molecule has 0 aliphatic rings. The van der Waals surface area contributed by atoms with E-state index >= 15 is 0 Å². The first-order valence-electron chi connectivity index (χ1n) is 10.3. The number of carbonyl (C=O) groups is 2. The Labute approximate surface area is 195 Å². The summed E-state index contributed by atoms with van der Waals surface area (Å²) in [7, 11) is 0. The number of para-hydroxylation sites is 1. The summed E-state index contributed by atoms with van der Waals surface area (Å²) in [6.07, 6.45) is -0.876. The fourth-order valence-electron chi connectivity index (χ4n) is 3.37. The van der Waals surface area contributed by atoms with Gasteiger partial charge in [-0.05, 0) is 68.3 Å².